The van der Waals surface area contributed by atoms with Crippen LogP contribution in [-0.2, 0) is 0 Å². The van der Waals surface area contributed by atoms with Gasteiger partial charge in [0.1, 0.15) is 11.6 Å². The van der Waals surface area contributed by atoms with Crippen LogP contribution in [0.5, 0.6) is 0 Å². The number of aromatic nitrogens is 1. The smallest absolute Gasteiger partial charge is 0.142 e. The van der Waals surface area contributed by atoms with Gasteiger partial charge in [-0.15, -0.1) is 0 Å². The molecule has 1 heterocycles. The molecule has 0 saturated carbocycles. The van der Waals surface area contributed by atoms with E-state index in [0.29, 0.717) is 5.82 Å². The van der Waals surface area contributed by atoms with Gasteiger partial charge in [-0.2, -0.15) is 0 Å². The first-order chi connectivity index (χ1) is 8.19. The molecule has 0 saturated heterocycles. The maximum atomic E-state index is 5.31. The zero-order valence-corrected chi connectivity index (χ0v) is 11.0. The number of nitrogen functional groups attached to an aromatic ring is 1. The SMILES string of the molecule is Cc1cc(Nc2cccc(NN)n2)ccc1Br. The Morgan fingerprint density at radius 2 is 1.94 bits per heavy atom. The van der Waals surface area contributed by atoms with Crippen molar-refractivity contribution in [3.05, 3.63) is 46.4 Å². The van der Waals surface area contributed by atoms with E-state index in [1.54, 1.807) is 6.07 Å². The molecule has 4 nitrogen and oxygen atoms in total. The van der Waals surface area contributed by atoms with Crippen LogP contribution < -0.4 is 16.6 Å². The molecule has 0 atom stereocenters. The van der Waals surface area contributed by atoms with Gasteiger partial charge < -0.3 is 10.7 Å². The summed E-state index contributed by atoms with van der Waals surface area (Å²) in [6, 6.07) is 11.6. The fourth-order valence-electron chi connectivity index (χ4n) is 1.46. The lowest BCUT2D eigenvalue weighted by molar-refractivity contribution is 1.22. The molecule has 17 heavy (non-hydrogen) atoms. The largest absolute Gasteiger partial charge is 0.340 e. The molecule has 5 heteroatoms. The van der Waals surface area contributed by atoms with Crippen LogP contribution >= 0.6 is 15.9 Å². The molecule has 1 aromatic heterocycles. The van der Waals surface area contributed by atoms with Crippen LogP contribution in [0.15, 0.2) is 40.9 Å². The average molecular weight is 293 g/mol. The Hall–Kier alpha value is -1.59. The molecule has 0 spiro atoms. The second kappa shape index (κ2) is 5.16. The lowest BCUT2D eigenvalue weighted by Gasteiger charge is -2.08. The maximum Gasteiger partial charge on any atom is 0.142 e. The zero-order chi connectivity index (χ0) is 12.3. The Bertz CT molecular complexity index is 528. The number of hydrazine groups is 1. The number of aryl methyl sites for hydroxylation is 1. The second-order valence-corrected chi connectivity index (χ2v) is 4.50. The Kier molecular flexibility index (Phi) is 3.61. The van der Waals surface area contributed by atoms with Crippen LogP contribution in [0.3, 0.4) is 0 Å². The van der Waals surface area contributed by atoms with Crippen molar-refractivity contribution in [2.24, 2.45) is 5.84 Å². The van der Waals surface area contributed by atoms with Gasteiger partial charge in [-0.3, -0.25) is 0 Å². The van der Waals surface area contributed by atoms with E-state index in [1.165, 1.54) is 5.56 Å². The Labute approximate surface area is 108 Å². The van der Waals surface area contributed by atoms with Gasteiger partial charge in [-0.1, -0.05) is 22.0 Å². The summed E-state index contributed by atoms with van der Waals surface area (Å²) in [7, 11) is 0. The van der Waals surface area contributed by atoms with E-state index in [4.69, 9.17) is 5.84 Å². The molecule has 2 aromatic rings. The summed E-state index contributed by atoms with van der Waals surface area (Å²) in [4.78, 5) is 4.28. The monoisotopic (exact) mass is 292 g/mol. The van der Waals surface area contributed by atoms with Crippen molar-refractivity contribution in [2.75, 3.05) is 10.7 Å². The van der Waals surface area contributed by atoms with Gasteiger partial charge in [0.2, 0.25) is 0 Å². The molecule has 0 bridgehead atoms. The van der Waals surface area contributed by atoms with Crippen LogP contribution in [-0.4, -0.2) is 4.98 Å². The van der Waals surface area contributed by atoms with Crippen molar-refractivity contribution >= 4 is 33.3 Å². The molecule has 0 unspecified atom stereocenters. The molecule has 0 aliphatic rings. The summed E-state index contributed by atoms with van der Waals surface area (Å²) in [6.07, 6.45) is 0. The normalized spacial score (nSPS) is 10.1. The highest BCUT2D eigenvalue weighted by Gasteiger charge is 1.99. The highest BCUT2D eigenvalue weighted by molar-refractivity contribution is 9.10. The van der Waals surface area contributed by atoms with E-state index in [1.807, 2.05) is 37.3 Å². The Balaban J connectivity index is 2.22. The van der Waals surface area contributed by atoms with Crippen molar-refractivity contribution in [3.63, 3.8) is 0 Å². The first-order valence-corrected chi connectivity index (χ1v) is 5.95. The number of anilines is 3. The zero-order valence-electron chi connectivity index (χ0n) is 9.37. The molecule has 0 aliphatic heterocycles. The van der Waals surface area contributed by atoms with Gasteiger partial charge in [-0.25, -0.2) is 10.8 Å². The van der Waals surface area contributed by atoms with Gasteiger partial charge in [0.15, 0.2) is 0 Å². The molecule has 0 fully saturated rings. The third-order valence-electron chi connectivity index (χ3n) is 2.33. The molecule has 2 rings (SSSR count). The van der Waals surface area contributed by atoms with Crippen molar-refractivity contribution in [1.82, 2.24) is 4.98 Å². The lowest BCUT2D eigenvalue weighted by Crippen LogP contribution is -2.08. The van der Waals surface area contributed by atoms with Crippen molar-refractivity contribution < 1.29 is 0 Å². The first-order valence-electron chi connectivity index (χ1n) is 5.16. The number of nitrogens with zero attached hydrogens (tertiary/aromatic N) is 1. The summed E-state index contributed by atoms with van der Waals surface area (Å²) in [6.45, 7) is 2.04. The van der Waals surface area contributed by atoms with Crippen LogP contribution in [0.2, 0.25) is 0 Å². The van der Waals surface area contributed by atoms with Crippen molar-refractivity contribution in [3.8, 4) is 0 Å². The minimum Gasteiger partial charge on any atom is -0.340 e. The predicted molar refractivity (Wildman–Crippen MR) is 74.2 cm³/mol. The molecule has 1 aromatic carbocycles. The lowest BCUT2D eigenvalue weighted by atomic mass is 10.2. The summed E-state index contributed by atoms with van der Waals surface area (Å²) < 4.78 is 1.09. The predicted octanol–water partition coefficient (Wildman–Crippen LogP) is 3.18. The van der Waals surface area contributed by atoms with Gasteiger partial charge >= 0.3 is 0 Å². The number of nitrogens with two attached hydrogens (primary N) is 1. The Morgan fingerprint density at radius 3 is 2.65 bits per heavy atom. The summed E-state index contributed by atoms with van der Waals surface area (Å²) in [5.41, 5.74) is 4.68. The number of rotatable bonds is 3. The second-order valence-electron chi connectivity index (χ2n) is 3.64. The standard InChI is InChI=1S/C12H13BrN4/c1-8-7-9(5-6-10(8)13)15-11-3-2-4-12(16-11)17-14/h2-7H,14H2,1H3,(H2,15,16,17). The van der Waals surface area contributed by atoms with E-state index in [0.717, 1.165) is 16.0 Å². The van der Waals surface area contributed by atoms with Gasteiger partial charge in [0.25, 0.3) is 0 Å². The summed E-state index contributed by atoms with van der Waals surface area (Å²) >= 11 is 3.47. The molecular weight excluding hydrogens is 280 g/mol. The van der Waals surface area contributed by atoms with E-state index in [-0.39, 0.29) is 0 Å². The Morgan fingerprint density at radius 1 is 1.18 bits per heavy atom. The number of nitrogens with one attached hydrogen (secondary N) is 2. The molecule has 88 valence electrons. The average Bonchev–Trinajstić information content (AvgIpc) is 2.34. The fourth-order valence-corrected chi connectivity index (χ4v) is 1.70. The highest BCUT2D eigenvalue weighted by Crippen LogP contribution is 2.22. The third kappa shape index (κ3) is 2.95. The van der Waals surface area contributed by atoms with Crippen LogP contribution in [0.1, 0.15) is 5.56 Å². The van der Waals surface area contributed by atoms with Gasteiger partial charge in [-0.05, 0) is 42.8 Å². The summed E-state index contributed by atoms with van der Waals surface area (Å²) in [5, 5.41) is 3.22. The van der Waals surface area contributed by atoms with Crippen molar-refractivity contribution in [1.29, 1.82) is 0 Å². The minimum atomic E-state index is 0.629. The van der Waals surface area contributed by atoms with E-state index in [2.05, 4.69) is 31.7 Å². The maximum absolute atomic E-state index is 5.31. The van der Waals surface area contributed by atoms with Gasteiger partial charge in [0.05, 0.1) is 0 Å². The number of hydrogen-bond donors (Lipinski definition) is 3. The molecule has 0 aliphatic carbocycles. The highest BCUT2D eigenvalue weighted by atomic mass is 79.9. The molecule has 0 amide bonds. The van der Waals surface area contributed by atoms with Crippen LogP contribution in [0.25, 0.3) is 0 Å². The van der Waals surface area contributed by atoms with E-state index < -0.39 is 0 Å². The van der Waals surface area contributed by atoms with E-state index in [9.17, 15) is 0 Å². The topological polar surface area (TPSA) is 63.0 Å². The first kappa shape index (κ1) is 11.9. The van der Waals surface area contributed by atoms with Crippen LogP contribution in [0, 0.1) is 6.92 Å². The fraction of sp³-hybridized carbons (Fsp3) is 0.0833. The molecule has 4 N–H and O–H groups in total. The van der Waals surface area contributed by atoms with Crippen molar-refractivity contribution in [2.45, 2.75) is 6.92 Å². The third-order valence-corrected chi connectivity index (χ3v) is 3.22. The van der Waals surface area contributed by atoms with E-state index >= 15 is 0 Å². The molecule has 0 radical (unpaired) electrons. The number of pyridine rings is 1. The number of benzene rings is 1. The quantitative estimate of drug-likeness (QED) is 0.601. The number of hydrogen-bond acceptors (Lipinski definition) is 4. The molecular formula is C12H13BrN4. The van der Waals surface area contributed by atoms with Crippen LogP contribution in [0.4, 0.5) is 17.3 Å². The number of halogens is 1. The van der Waals surface area contributed by atoms with Gasteiger partial charge in [0, 0.05) is 10.2 Å². The summed E-state index contributed by atoms with van der Waals surface area (Å²) in [5.74, 6) is 6.69. The minimum absolute atomic E-state index is 0.629.